The number of nitrogens with one attached hydrogen (secondary N) is 1. The first kappa shape index (κ1) is 17.7. The fraction of sp³-hybridized carbons (Fsp3) is 0.550. The number of hydrogen-bond donors (Lipinski definition) is 1. The van der Waals surface area contributed by atoms with Gasteiger partial charge in [-0.3, -0.25) is 14.9 Å². The normalized spacial score (nSPS) is 30.4. The van der Waals surface area contributed by atoms with Crippen LogP contribution in [-0.2, 0) is 16.6 Å². The zero-order valence-electron chi connectivity index (χ0n) is 15.5. The number of nitro benzene ring substituents is 1. The van der Waals surface area contributed by atoms with Gasteiger partial charge in [0.15, 0.2) is 0 Å². The number of carbonyl (C=O) groups is 1. The number of nitrogens with zero attached hydrogens (tertiary/aromatic N) is 3. The summed E-state index contributed by atoms with van der Waals surface area (Å²) in [6.07, 6.45) is 7.68. The third-order valence-electron chi connectivity index (χ3n) is 6.70. The first-order valence-electron chi connectivity index (χ1n) is 9.87. The Morgan fingerprint density at radius 2 is 1.79 bits per heavy atom. The Hall–Kier alpha value is -2.35. The molecule has 7 nitrogen and oxygen atoms in total. The van der Waals surface area contributed by atoms with Crippen molar-refractivity contribution in [2.45, 2.75) is 50.4 Å². The molecule has 1 aromatic heterocycles. The second kappa shape index (κ2) is 6.62. The van der Waals surface area contributed by atoms with E-state index in [-0.39, 0.29) is 23.4 Å². The Kier molecular flexibility index (Phi) is 4.19. The largest absolute Gasteiger partial charge is 0.300 e. The lowest BCUT2D eigenvalue weighted by Gasteiger charge is -2.55. The molecule has 4 saturated carbocycles. The topological polar surface area (TPSA) is 98.0 Å². The summed E-state index contributed by atoms with van der Waals surface area (Å²) in [5.41, 5.74) is 0.521. The predicted octanol–water partition coefficient (Wildman–Crippen LogP) is 4.10. The average Bonchev–Trinajstić information content (AvgIpc) is 3.10. The maximum atomic E-state index is 12.4. The molecule has 0 spiro atoms. The fourth-order valence-corrected chi connectivity index (χ4v) is 7.01. The monoisotopic (exact) mass is 398 g/mol. The minimum absolute atomic E-state index is 0.0378. The first-order valence-corrected chi connectivity index (χ1v) is 10.7. The zero-order chi connectivity index (χ0) is 19.3. The van der Waals surface area contributed by atoms with Crippen LogP contribution >= 0.6 is 11.3 Å². The Bertz CT molecular complexity index is 906. The van der Waals surface area contributed by atoms with Gasteiger partial charge in [0.05, 0.1) is 11.3 Å². The summed E-state index contributed by atoms with van der Waals surface area (Å²) in [6, 6.07) is 6.32. The number of aromatic nitrogens is 2. The predicted molar refractivity (Wildman–Crippen MR) is 105 cm³/mol. The van der Waals surface area contributed by atoms with E-state index in [1.165, 1.54) is 55.9 Å². The molecule has 0 radical (unpaired) electrons. The lowest BCUT2D eigenvalue weighted by atomic mass is 9.50. The van der Waals surface area contributed by atoms with Crippen molar-refractivity contribution in [3.05, 3.63) is 45.0 Å². The summed E-state index contributed by atoms with van der Waals surface area (Å²) in [6.45, 7) is 0. The van der Waals surface area contributed by atoms with Crippen molar-refractivity contribution >= 4 is 28.1 Å². The molecule has 8 heteroatoms. The van der Waals surface area contributed by atoms with E-state index < -0.39 is 4.92 Å². The molecule has 1 amide bonds. The first-order chi connectivity index (χ1) is 13.5. The van der Waals surface area contributed by atoms with Crippen LogP contribution in [0.25, 0.3) is 0 Å². The molecule has 0 saturated heterocycles. The molecule has 0 unspecified atom stereocenters. The second-order valence-electron chi connectivity index (χ2n) is 8.72. The van der Waals surface area contributed by atoms with Crippen LogP contribution < -0.4 is 5.32 Å². The maximum absolute atomic E-state index is 12.4. The lowest BCUT2D eigenvalue weighted by Crippen LogP contribution is -2.48. The molecule has 0 atom stereocenters. The van der Waals surface area contributed by atoms with Crippen molar-refractivity contribution in [3.8, 4) is 0 Å². The van der Waals surface area contributed by atoms with Gasteiger partial charge in [-0.25, -0.2) is 0 Å². The Morgan fingerprint density at radius 1 is 1.14 bits per heavy atom. The van der Waals surface area contributed by atoms with Crippen LogP contribution in [0, 0.1) is 27.9 Å². The van der Waals surface area contributed by atoms with Gasteiger partial charge in [0.1, 0.15) is 5.01 Å². The lowest BCUT2D eigenvalue weighted by molar-refractivity contribution is -0.385. The standard InChI is InChI=1S/C20H22N4O3S/c25-17(8-15-3-1-2-4-16(15)24(26)27)21-19-23-22-18(28-19)20-9-12-5-13(10-20)7-14(6-12)11-20/h1-4,12-14H,5-11H2,(H,21,23,25). The summed E-state index contributed by atoms with van der Waals surface area (Å²) < 4.78 is 0. The Labute approximate surface area is 166 Å². The van der Waals surface area contributed by atoms with E-state index in [2.05, 4.69) is 15.5 Å². The van der Waals surface area contributed by atoms with Crippen LogP contribution in [-0.4, -0.2) is 21.0 Å². The van der Waals surface area contributed by atoms with E-state index in [4.69, 9.17) is 0 Å². The molecule has 1 heterocycles. The minimum atomic E-state index is -0.460. The van der Waals surface area contributed by atoms with Crippen LogP contribution in [0.3, 0.4) is 0 Å². The zero-order valence-corrected chi connectivity index (χ0v) is 16.3. The molecule has 0 aliphatic heterocycles. The van der Waals surface area contributed by atoms with Gasteiger partial charge in [-0.1, -0.05) is 29.5 Å². The highest BCUT2D eigenvalue weighted by atomic mass is 32.1. The van der Waals surface area contributed by atoms with Crippen LogP contribution in [0.1, 0.15) is 49.1 Å². The van der Waals surface area contributed by atoms with Gasteiger partial charge in [0.2, 0.25) is 11.0 Å². The van der Waals surface area contributed by atoms with Gasteiger partial charge >= 0.3 is 0 Å². The van der Waals surface area contributed by atoms with Crippen molar-refractivity contribution in [1.82, 2.24) is 10.2 Å². The average molecular weight is 398 g/mol. The van der Waals surface area contributed by atoms with Crippen molar-refractivity contribution in [3.63, 3.8) is 0 Å². The molecule has 146 valence electrons. The number of rotatable bonds is 5. The van der Waals surface area contributed by atoms with Crippen molar-refractivity contribution in [2.75, 3.05) is 5.32 Å². The molecular weight excluding hydrogens is 376 g/mol. The van der Waals surface area contributed by atoms with Crippen LogP contribution in [0.15, 0.2) is 24.3 Å². The molecule has 4 aliphatic rings. The number of para-hydroxylation sites is 1. The van der Waals surface area contributed by atoms with Gasteiger partial charge in [-0.05, 0) is 56.3 Å². The third-order valence-corrected chi connectivity index (χ3v) is 7.79. The molecule has 2 aromatic rings. The molecule has 1 N–H and O–H groups in total. The molecule has 6 rings (SSSR count). The third kappa shape index (κ3) is 3.09. The number of hydrogen-bond acceptors (Lipinski definition) is 6. The molecule has 4 aliphatic carbocycles. The molecule has 4 fully saturated rings. The van der Waals surface area contributed by atoms with E-state index in [1.807, 2.05) is 0 Å². The van der Waals surface area contributed by atoms with Crippen molar-refractivity contribution in [1.29, 1.82) is 0 Å². The maximum Gasteiger partial charge on any atom is 0.273 e. The molecule has 1 aromatic carbocycles. The van der Waals surface area contributed by atoms with E-state index in [1.54, 1.807) is 18.2 Å². The van der Waals surface area contributed by atoms with E-state index in [0.29, 0.717) is 10.7 Å². The summed E-state index contributed by atoms with van der Waals surface area (Å²) in [5, 5.41) is 24.1. The highest BCUT2D eigenvalue weighted by Gasteiger charge is 2.53. The summed E-state index contributed by atoms with van der Waals surface area (Å²) >= 11 is 1.48. The number of carbonyl (C=O) groups excluding carboxylic acids is 1. The summed E-state index contributed by atoms with van der Waals surface area (Å²) in [5.74, 6) is 2.17. The van der Waals surface area contributed by atoms with E-state index >= 15 is 0 Å². The molecular formula is C20H22N4O3S. The van der Waals surface area contributed by atoms with Gasteiger partial charge in [-0.15, -0.1) is 10.2 Å². The SMILES string of the molecule is O=C(Cc1ccccc1[N+](=O)[O-])Nc1nnc(C23CC4CC(CC(C4)C2)C3)s1. The number of nitro groups is 1. The highest BCUT2D eigenvalue weighted by molar-refractivity contribution is 7.15. The van der Waals surface area contributed by atoms with E-state index in [9.17, 15) is 14.9 Å². The smallest absolute Gasteiger partial charge is 0.273 e. The van der Waals surface area contributed by atoms with Crippen molar-refractivity contribution in [2.24, 2.45) is 17.8 Å². The number of amides is 1. The highest BCUT2D eigenvalue weighted by Crippen LogP contribution is 2.61. The van der Waals surface area contributed by atoms with Gasteiger partial charge in [-0.2, -0.15) is 0 Å². The van der Waals surface area contributed by atoms with E-state index in [0.717, 1.165) is 22.8 Å². The van der Waals surface area contributed by atoms with Crippen LogP contribution in [0.4, 0.5) is 10.8 Å². The minimum Gasteiger partial charge on any atom is -0.300 e. The number of benzene rings is 1. The molecule has 4 bridgehead atoms. The van der Waals surface area contributed by atoms with Gasteiger partial charge in [0, 0.05) is 17.0 Å². The molecule has 28 heavy (non-hydrogen) atoms. The summed E-state index contributed by atoms with van der Waals surface area (Å²) in [7, 11) is 0. The van der Waals surface area contributed by atoms with Crippen LogP contribution in [0.2, 0.25) is 0 Å². The Balaban J connectivity index is 1.30. The van der Waals surface area contributed by atoms with Crippen LogP contribution in [0.5, 0.6) is 0 Å². The quantitative estimate of drug-likeness (QED) is 0.604. The number of anilines is 1. The summed E-state index contributed by atoms with van der Waals surface area (Å²) in [4.78, 5) is 23.1. The fourth-order valence-electron chi connectivity index (χ4n) is 6.04. The van der Waals surface area contributed by atoms with Crippen molar-refractivity contribution < 1.29 is 9.72 Å². The van der Waals surface area contributed by atoms with Gasteiger partial charge in [0.25, 0.3) is 5.69 Å². The second-order valence-corrected chi connectivity index (χ2v) is 9.70. The van der Waals surface area contributed by atoms with Gasteiger partial charge < -0.3 is 5.32 Å². The Morgan fingerprint density at radius 3 is 2.43 bits per heavy atom.